The molecule has 20 heavy (non-hydrogen) atoms. The van der Waals surface area contributed by atoms with Crippen LogP contribution in [0.2, 0.25) is 0 Å². The smallest absolute Gasteiger partial charge is 0.119 e. The fourth-order valence-electron chi connectivity index (χ4n) is 1.90. The highest BCUT2D eigenvalue weighted by Gasteiger charge is 2.09. The molecule has 0 aromatic heterocycles. The van der Waals surface area contributed by atoms with Gasteiger partial charge in [-0.05, 0) is 36.8 Å². The molecule has 0 bridgehead atoms. The maximum Gasteiger partial charge on any atom is 0.119 e. The minimum Gasteiger partial charge on any atom is -0.491 e. The summed E-state index contributed by atoms with van der Waals surface area (Å²) in [6.45, 7) is 5.19. The molecular formula is C16H27NO2S. The molecule has 2 N–H and O–H groups in total. The van der Waals surface area contributed by atoms with Crippen LogP contribution in [0.5, 0.6) is 5.75 Å². The number of thioether (sulfide) groups is 1. The minimum absolute atomic E-state index is 0.328. The van der Waals surface area contributed by atoms with E-state index in [1.54, 1.807) is 0 Å². The Morgan fingerprint density at radius 3 is 2.50 bits per heavy atom. The van der Waals surface area contributed by atoms with Gasteiger partial charge in [0.1, 0.15) is 18.5 Å². The van der Waals surface area contributed by atoms with E-state index in [9.17, 15) is 5.11 Å². The number of rotatable bonds is 10. The molecule has 0 saturated carbocycles. The van der Waals surface area contributed by atoms with Gasteiger partial charge in [0, 0.05) is 18.3 Å². The van der Waals surface area contributed by atoms with Gasteiger partial charge in [-0.15, -0.1) is 0 Å². The average molecular weight is 297 g/mol. The van der Waals surface area contributed by atoms with Crippen molar-refractivity contribution in [1.29, 1.82) is 0 Å². The Hall–Kier alpha value is -0.710. The molecule has 2 atom stereocenters. The topological polar surface area (TPSA) is 41.5 Å². The Kier molecular flexibility index (Phi) is 8.74. The van der Waals surface area contributed by atoms with Crippen molar-refractivity contribution < 1.29 is 9.84 Å². The zero-order valence-electron chi connectivity index (χ0n) is 12.8. The van der Waals surface area contributed by atoms with Gasteiger partial charge in [0.15, 0.2) is 0 Å². The van der Waals surface area contributed by atoms with Crippen molar-refractivity contribution in [2.24, 2.45) is 0 Å². The SMILES string of the molecule is CCc1ccc(OCC(O)CNC(CC)CSC)cc1. The van der Waals surface area contributed by atoms with E-state index in [-0.39, 0.29) is 0 Å². The standard InChI is InChI=1S/C16H27NO2S/c1-4-13-6-8-16(9-7-13)19-11-15(18)10-17-14(5-2)12-20-3/h6-9,14-15,17-18H,4-5,10-12H2,1-3H3. The highest BCUT2D eigenvalue weighted by Crippen LogP contribution is 2.12. The van der Waals surface area contributed by atoms with Crippen LogP contribution in [0.3, 0.4) is 0 Å². The Balaban J connectivity index is 2.26. The van der Waals surface area contributed by atoms with Crippen molar-refractivity contribution in [3.63, 3.8) is 0 Å². The quantitative estimate of drug-likeness (QED) is 0.697. The summed E-state index contributed by atoms with van der Waals surface area (Å²) in [4.78, 5) is 0. The molecule has 0 fully saturated rings. The highest BCUT2D eigenvalue weighted by molar-refractivity contribution is 7.98. The van der Waals surface area contributed by atoms with Gasteiger partial charge in [-0.2, -0.15) is 11.8 Å². The number of benzene rings is 1. The summed E-state index contributed by atoms with van der Waals surface area (Å²) in [5.41, 5.74) is 1.29. The third-order valence-electron chi connectivity index (χ3n) is 3.28. The fourth-order valence-corrected chi connectivity index (χ4v) is 2.65. The highest BCUT2D eigenvalue weighted by atomic mass is 32.2. The van der Waals surface area contributed by atoms with Crippen LogP contribution in [0.4, 0.5) is 0 Å². The zero-order valence-corrected chi connectivity index (χ0v) is 13.6. The summed E-state index contributed by atoms with van der Waals surface area (Å²) >= 11 is 1.82. The first-order valence-corrected chi connectivity index (χ1v) is 8.71. The molecule has 1 rings (SSSR count). The summed E-state index contributed by atoms with van der Waals surface area (Å²) in [6, 6.07) is 8.50. The van der Waals surface area contributed by atoms with Crippen LogP contribution in [0.1, 0.15) is 25.8 Å². The van der Waals surface area contributed by atoms with E-state index in [1.165, 1.54) is 5.56 Å². The van der Waals surface area contributed by atoms with Gasteiger partial charge in [0.25, 0.3) is 0 Å². The molecule has 0 heterocycles. The van der Waals surface area contributed by atoms with Gasteiger partial charge in [-0.1, -0.05) is 26.0 Å². The Bertz CT molecular complexity index is 356. The minimum atomic E-state index is -0.475. The van der Waals surface area contributed by atoms with Crippen molar-refractivity contribution in [3.8, 4) is 5.75 Å². The molecule has 1 aromatic rings. The van der Waals surface area contributed by atoms with Crippen molar-refractivity contribution in [2.45, 2.75) is 38.8 Å². The van der Waals surface area contributed by atoms with Crippen LogP contribution in [0.25, 0.3) is 0 Å². The molecule has 0 radical (unpaired) electrons. The number of hydrogen-bond acceptors (Lipinski definition) is 4. The molecule has 114 valence electrons. The first-order valence-electron chi connectivity index (χ1n) is 7.31. The lowest BCUT2D eigenvalue weighted by molar-refractivity contribution is 0.104. The second kappa shape index (κ2) is 10.1. The van der Waals surface area contributed by atoms with Gasteiger partial charge >= 0.3 is 0 Å². The van der Waals surface area contributed by atoms with E-state index in [0.29, 0.717) is 19.2 Å². The number of aliphatic hydroxyl groups is 1. The Labute approximate surface area is 127 Å². The van der Waals surface area contributed by atoms with Crippen molar-refractivity contribution >= 4 is 11.8 Å². The lowest BCUT2D eigenvalue weighted by Gasteiger charge is -2.19. The largest absolute Gasteiger partial charge is 0.491 e. The number of ether oxygens (including phenoxy) is 1. The molecule has 3 nitrogen and oxygen atoms in total. The zero-order chi connectivity index (χ0) is 14.8. The molecule has 0 aliphatic heterocycles. The summed E-state index contributed by atoms with van der Waals surface area (Å²) in [5.74, 6) is 1.89. The van der Waals surface area contributed by atoms with Gasteiger partial charge < -0.3 is 15.2 Å². The van der Waals surface area contributed by atoms with E-state index in [2.05, 4.69) is 37.6 Å². The number of aryl methyl sites for hydroxylation is 1. The third kappa shape index (κ3) is 6.64. The molecule has 0 aliphatic carbocycles. The first kappa shape index (κ1) is 17.3. The predicted octanol–water partition coefficient (Wildman–Crippen LogP) is 2.72. The molecular weight excluding hydrogens is 270 g/mol. The summed E-state index contributed by atoms with van der Waals surface area (Å²) in [6.07, 6.45) is 3.73. The molecule has 1 aromatic carbocycles. The molecule has 0 spiro atoms. The van der Waals surface area contributed by atoms with Crippen LogP contribution < -0.4 is 10.1 Å². The maximum absolute atomic E-state index is 9.93. The van der Waals surface area contributed by atoms with Gasteiger partial charge in [-0.25, -0.2) is 0 Å². The number of hydrogen-bond donors (Lipinski definition) is 2. The molecule has 0 saturated heterocycles. The summed E-state index contributed by atoms with van der Waals surface area (Å²) in [5, 5.41) is 13.3. The second-order valence-electron chi connectivity index (χ2n) is 4.93. The van der Waals surface area contributed by atoms with Gasteiger partial charge in [0.05, 0.1) is 0 Å². The first-order chi connectivity index (χ1) is 9.69. The van der Waals surface area contributed by atoms with Crippen LogP contribution in [-0.4, -0.2) is 42.4 Å². The van der Waals surface area contributed by atoms with Crippen LogP contribution in [0.15, 0.2) is 24.3 Å². The average Bonchev–Trinajstić information content (AvgIpc) is 2.49. The monoisotopic (exact) mass is 297 g/mol. The van der Waals surface area contributed by atoms with Gasteiger partial charge in [-0.3, -0.25) is 0 Å². The second-order valence-corrected chi connectivity index (χ2v) is 5.84. The van der Waals surface area contributed by atoms with Crippen LogP contribution in [0, 0.1) is 0 Å². The predicted molar refractivity (Wildman–Crippen MR) is 87.8 cm³/mol. The third-order valence-corrected chi connectivity index (χ3v) is 4.01. The van der Waals surface area contributed by atoms with E-state index in [1.807, 2.05) is 23.9 Å². The molecule has 4 heteroatoms. The molecule has 2 unspecified atom stereocenters. The Morgan fingerprint density at radius 2 is 1.95 bits per heavy atom. The summed E-state index contributed by atoms with van der Waals surface area (Å²) < 4.78 is 5.60. The van der Waals surface area contributed by atoms with Crippen LogP contribution in [-0.2, 0) is 6.42 Å². The Morgan fingerprint density at radius 1 is 1.25 bits per heavy atom. The lowest BCUT2D eigenvalue weighted by atomic mass is 10.2. The van der Waals surface area contributed by atoms with Crippen molar-refractivity contribution in [3.05, 3.63) is 29.8 Å². The lowest BCUT2D eigenvalue weighted by Crippen LogP contribution is -2.39. The molecule has 0 amide bonds. The molecule has 0 aliphatic rings. The van der Waals surface area contributed by atoms with E-state index < -0.39 is 6.10 Å². The fraction of sp³-hybridized carbons (Fsp3) is 0.625. The number of nitrogens with one attached hydrogen (secondary N) is 1. The van der Waals surface area contributed by atoms with E-state index >= 15 is 0 Å². The van der Waals surface area contributed by atoms with Crippen LogP contribution >= 0.6 is 11.8 Å². The maximum atomic E-state index is 9.93. The van der Waals surface area contributed by atoms with E-state index in [4.69, 9.17) is 4.74 Å². The van der Waals surface area contributed by atoms with Gasteiger partial charge in [0.2, 0.25) is 0 Å². The normalized spacial score (nSPS) is 14.0. The number of aliphatic hydroxyl groups excluding tert-OH is 1. The van der Waals surface area contributed by atoms with Crippen molar-refractivity contribution in [1.82, 2.24) is 5.32 Å². The van der Waals surface area contributed by atoms with E-state index in [0.717, 1.165) is 24.3 Å². The summed E-state index contributed by atoms with van der Waals surface area (Å²) in [7, 11) is 0. The van der Waals surface area contributed by atoms with Crippen molar-refractivity contribution in [2.75, 3.05) is 25.2 Å².